The van der Waals surface area contributed by atoms with Gasteiger partial charge in [-0.1, -0.05) is 25.1 Å². The van der Waals surface area contributed by atoms with E-state index in [9.17, 15) is 15.0 Å². The average Bonchev–Trinajstić information content (AvgIpc) is 2.45. The first kappa shape index (κ1) is 14.7. The lowest BCUT2D eigenvalue weighted by molar-refractivity contribution is 0.0981. The number of rotatable bonds is 4. The molecule has 2 aromatic rings. The lowest BCUT2D eigenvalue weighted by Crippen LogP contribution is -2.32. The van der Waals surface area contributed by atoms with Crippen LogP contribution in [0.5, 0.6) is 11.5 Å². The van der Waals surface area contributed by atoms with Gasteiger partial charge in [0.2, 0.25) is 0 Å². The quantitative estimate of drug-likeness (QED) is 0.754. The van der Waals surface area contributed by atoms with Gasteiger partial charge in [-0.3, -0.25) is 4.79 Å². The summed E-state index contributed by atoms with van der Waals surface area (Å²) in [7, 11) is 0. The van der Waals surface area contributed by atoms with Crippen molar-refractivity contribution < 1.29 is 15.0 Å². The number of nitrogen functional groups attached to an aromatic ring is 1. The zero-order chi connectivity index (χ0) is 15.4. The minimum absolute atomic E-state index is 0.116. The predicted octanol–water partition coefficient (Wildman–Crippen LogP) is 2.74. The minimum Gasteiger partial charge on any atom is -0.507 e. The molecule has 5 nitrogen and oxygen atoms in total. The number of phenolic OH excluding ortho intramolecular Hbond substituents is 2. The highest BCUT2D eigenvalue weighted by Crippen LogP contribution is 2.31. The standard InChI is InChI=1S/C16H18N2O3/c1-2-10-18(12-7-4-3-6-11(12)17)16(21)15-13(19)8-5-9-14(15)20/h3-9,19-20H,2,10,17H2,1H3. The first-order valence-electron chi connectivity index (χ1n) is 6.73. The summed E-state index contributed by atoms with van der Waals surface area (Å²) in [5.74, 6) is -0.989. The van der Waals surface area contributed by atoms with E-state index < -0.39 is 5.91 Å². The summed E-state index contributed by atoms with van der Waals surface area (Å²) in [5, 5.41) is 19.7. The fraction of sp³-hybridized carbons (Fsp3) is 0.188. The number of carbonyl (C=O) groups excluding carboxylic acids is 1. The molecule has 0 aliphatic rings. The van der Waals surface area contributed by atoms with Gasteiger partial charge < -0.3 is 20.8 Å². The van der Waals surface area contributed by atoms with Gasteiger partial charge in [0.25, 0.3) is 5.91 Å². The van der Waals surface area contributed by atoms with Crippen LogP contribution in [0.15, 0.2) is 42.5 Å². The lowest BCUT2D eigenvalue weighted by atomic mass is 10.1. The van der Waals surface area contributed by atoms with E-state index in [1.54, 1.807) is 24.3 Å². The maximum absolute atomic E-state index is 12.7. The zero-order valence-electron chi connectivity index (χ0n) is 11.8. The van der Waals surface area contributed by atoms with Crippen LogP contribution in [0.1, 0.15) is 23.7 Å². The number of para-hydroxylation sites is 2. The Labute approximate surface area is 123 Å². The fourth-order valence-electron chi connectivity index (χ4n) is 2.17. The Morgan fingerprint density at radius 1 is 1.10 bits per heavy atom. The van der Waals surface area contributed by atoms with Crippen molar-refractivity contribution >= 4 is 17.3 Å². The molecule has 0 saturated carbocycles. The van der Waals surface area contributed by atoms with E-state index >= 15 is 0 Å². The van der Waals surface area contributed by atoms with Crippen molar-refractivity contribution in [3.63, 3.8) is 0 Å². The fourth-order valence-corrected chi connectivity index (χ4v) is 2.17. The van der Waals surface area contributed by atoms with Crippen LogP contribution < -0.4 is 10.6 Å². The molecule has 0 bridgehead atoms. The highest BCUT2D eigenvalue weighted by Gasteiger charge is 2.24. The molecule has 0 fully saturated rings. The van der Waals surface area contributed by atoms with Crippen LogP contribution >= 0.6 is 0 Å². The Bertz CT molecular complexity index is 635. The number of phenols is 2. The lowest BCUT2D eigenvalue weighted by Gasteiger charge is -2.24. The molecule has 2 aromatic carbocycles. The molecular formula is C16H18N2O3. The molecule has 110 valence electrons. The summed E-state index contributed by atoms with van der Waals surface area (Å²) < 4.78 is 0. The van der Waals surface area contributed by atoms with Gasteiger partial charge in [0, 0.05) is 6.54 Å². The molecule has 0 spiro atoms. The van der Waals surface area contributed by atoms with Gasteiger partial charge in [-0.2, -0.15) is 0 Å². The maximum Gasteiger partial charge on any atom is 0.265 e. The van der Waals surface area contributed by atoms with Crippen LogP contribution in [0.25, 0.3) is 0 Å². The monoisotopic (exact) mass is 286 g/mol. The van der Waals surface area contributed by atoms with Crippen LogP contribution in [0, 0.1) is 0 Å². The van der Waals surface area contributed by atoms with Crippen molar-refractivity contribution in [3.8, 4) is 11.5 Å². The molecule has 0 aromatic heterocycles. The van der Waals surface area contributed by atoms with Gasteiger partial charge >= 0.3 is 0 Å². The number of nitrogens with two attached hydrogens (primary N) is 1. The van der Waals surface area contributed by atoms with Gasteiger partial charge in [0.1, 0.15) is 17.1 Å². The number of aromatic hydroxyl groups is 2. The molecular weight excluding hydrogens is 268 g/mol. The SMILES string of the molecule is CCCN(C(=O)c1c(O)cccc1O)c1ccccc1N. The van der Waals surface area contributed by atoms with E-state index in [0.717, 1.165) is 0 Å². The molecule has 4 N–H and O–H groups in total. The molecule has 0 heterocycles. The molecule has 5 heteroatoms. The molecule has 2 rings (SSSR count). The second kappa shape index (κ2) is 6.17. The van der Waals surface area contributed by atoms with E-state index in [1.807, 2.05) is 6.92 Å². The smallest absolute Gasteiger partial charge is 0.265 e. The molecule has 1 amide bonds. The Kier molecular flexibility index (Phi) is 4.33. The molecule has 0 atom stereocenters. The summed E-state index contributed by atoms with van der Waals surface area (Å²) in [6.45, 7) is 2.37. The van der Waals surface area contributed by atoms with Gasteiger partial charge in [0.15, 0.2) is 0 Å². The van der Waals surface area contributed by atoms with Gasteiger partial charge in [-0.15, -0.1) is 0 Å². The second-order valence-electron chi connectivity index (χ2n) is 4.69. The third-order valence-electron chi connectivity index (χ3n) is 3.15. The number of carbonyl (C=O) groups is 1. The average molecular weight is 286 g/mol. The topological polar surface area (TPSA) is 86.8 Å². The van der Waals surface area contributed by atoms with Gasteiger partial charge in [0.05, 0.1) is 11.4 Å². The zero-order valence-corrected chi connectivity index (χ0v) is 11.8. The van der Waals surface area contributed by atoms with Crippen molar-refractivity contribution in [2.24, 2.45) is 0 Å². The number of hydrogen-bond acceptors (Lipinski definition) is 4. The van der Waals surface area contributed by atoms with Gasteiger partial charge in [-0.05, 0) is 30.7 Å². The van der Waals surface area contributed by atoms with Crippen molar-refractivity contribution in [2.75, 3.05) is 17.2 Å². The highest BCUT2D eigenvalue weighted by atomic mass is 16.3. The van der Waals surface area contributed by atoms with E-state index in [-0.39, 0.29) is 17.1 Å². The van der Waals surface area contributed by atoms with E-state index in [4.69, 9.17) is 5.73 Å². The Hall–Kier alpha value is -2.69. The van der Waals surface area contributed by atoms with E-state index in [1.165, 1.54) is 23.1 Å². The second-order valence-corrected chi connectivity index (χ2v) is 4.69. The first-order valence-corrected chi connectivity index (χ1v) is 6.73. The predicted molar refractivity (Wildman–Crippen MR) is 82.6 cm³/mol. The summed E-state index contributed by atoms with van der Waals surface area (Å²) in [6.07, 6.45) is 0.717. The van der Waals surface area contributed by atoms with Crippen molar-refractivity contribution in [3.05, 3.63) is 48.0 Å². The van der Waals surface area contributed by atoms with E-state index in [2.05, 4.69) is 0 Å². The van der Waals surface area contributed by atoms with Crippen LogP contribution in [-0.4, -0.2) is 22.7 Å². The van der Waals surface area contributed by atoms with E-state index in [0.29, 0.717) is 24.3 Å². The maximum atomic E-state index is 12.7. The summed E-state index contributed by atoms with van der Waals surface area (Å²) in [5.41, 5.74) is 6.84. The molecule has 21 heavy (non-hydrogen) atoms. The molecule has 0 radical (unpaired) electrons. The summed E-state index contributed by atoms with van der Waals surface area (Å²) in [6, 6.07) is 11.2. The largest absolute Gasteiger partial charge is 0.507 e. The number of nitrogens with zero attached hydrogens (tertiary/aromatic N) is 1. The molecule has 0 aliphatic heterocycles. The molecule has 0 unspecified atom stereocenters. The number of benzene rings is 2. The molecule has 0 saturated heterocycles. The summed E-state index contributed by atoms with van der Waals surface area (Å²) >= 11 is 0. The van der Waals surface area contributed by atoms with Crippen LogP contribution in [0.3, 0.4) is 0 Å². The Balaban J connectivity index is 2.48. The van der Waals surface area contributed by atoms with Crippen LogP contribution in [-0.2, 0) is 0 Å². The number of amides is 1. The minimum atomic E-state index is -0.481. The highest BCUT2D eigenvalue weighted by molar-refractivity contribution is 6.10. The van der Waals surface area contributed by atoms with Crippen molar-refractivity contribution in [2.45, 2.75) is 13.3 Å². The van der Waals surface area contributed by atoms with Gasteiger partial charge in [-0.25, -0.2) is 0 Å². The third-order valence-corrected chi connectivity index (χ3v) is 3.15. The van der Waals surface area contributed by atoms with Crippen LogP contribution in [0.2, 0.25) is 0 Å². The number of hydrogen-bond donors (Lipinski definition) is 3. The normalized spacial score (nSPS) is 10.3. The number of anilines is 2. The van der Waals surface area contributed by atoms with Crippen molar-refractivity contribution in [1.29, 1.82) is 0 Å². The molecule has 0 aliphatic carbocycles. The Morgan fingerprint density at radius 3 is 2.29 bits per heavy atom. The van der Waals surface area contributed by atoms with Crippen LogP contribution in [0.4, 0.5) is 11.4 Å². The van der Waals surface area contributed by atoms with Crippen molar-refractivity contribution in [1.82, 2.24) is 0 Å². The first-order chi connectivity index (χ1) is 10.1. The summed E-state index contributed by atoms with van der Waals surface area (Å²) in [4.78, 5) is 14.1. The third kappa shape index (κ3) is 2.91. The Morgan fingerprint density at radius 2 is 1.71 bits per heavy atom.